The summed E-state index contributed by atoms with van der Waals surface area (Å²) >= 11 is 0. The summed E-state index contributed by atoms with van der Waals surface area (Å²) in [5, 5.41) is 0. The largest absolute Gasteiger partial charge is 0.441 e. The van der Waals surface area contributed by atoms with E-state index < -0.39 is 0 Å². The van der Waals surface area contributed by atoms with Gasteiger partial charge in [0.1, 0.15) is 5.60 Å². The summed E-state index contributed by atoms with van der Waals surface area (Å²) in [7, 11) is 0. The average Bonchev–Trinajstić information content (AvgIpc) is 3.57. The van der Waals surface area contributed by atoms with Crippen molar-refractivity contribution in [3.63, 3.8) is 0 Å². The van der Waals surface area contributed by atoms with Crippen LogP contribution >= 0.6 is 0 Å². The van der Waals surface area contributed by atoms with Gasteiger partial charge in [-0.1, -0.05) is 63.3 Å². The number of carbonyl (C=O) groups excluding carboxylic acids is 1. The Morgan fingerprint density at radius 3 is 2.66 bits per heavy atom. The number of likely N-dealkylation sites (tertiary alicyclic amines) is 1. The Bertz CT molecular complexity index is 853. The zero-order chi connectivity index (χ0) is 22.8. The van der Waals surface area contributed by atoms with Gasteiger partial charge in [-0.15, -0.1) is 0 Å². The highest BCUT2D eigenvalue weighted by Crippen LogP contribution is 2.47. The van der Waals surface area contributed by atoms with Crippen LogP contribution < -0.4 is 0 Å². The molecular weight excluding hydrogens is 396 g/mol. The molecule has 32 heavy (non-hydrogen) atoms. The van der Waals surface area contributed by atoms with Crippen LogP contribution in [0.5, 0.6) is 0 Å². The minimum Gasteiger partial charge on any atom is -0.441 e. The first kappa shape index (κ1) is 23.1. The number of hydrogen-bond acceptors (Lipinski definition) is 3. The Morgan fingerprint density at radius 1 is 1.28 bits per heavy atom. The van der Waals surface area contributed by atoms with Crippen LogP contribution in [0.15, 0.2) is 59.9 Å². The lowest BCUT2D eigenvalue weighted by Gasteiger charge is -2.42. The topological polar surface area (TPSA) is 32.8 Å². The van der Waals surface area contributed by atoms with Crippen molar-refractivity contribution >= 4 is 6.09 Å². The van der Waals surface area contributed by atoms with Gasteiger partial charge >= 0.3 is 6.09 Å². The lowest BCUT2D eigenvalue weighted by molar-refractivity contribution is -0.00556. The Morgan fingerprint density at radius 2 is 2.03 bits per heavy atom. The van der Waals surface area contributed by atoms with Gasteiger partial charge in [-0.3, -0.25) is 4.90 Å². The number of carbonyl (C=O) groups is 1. The SMILES string of the molecule is C=C/C=C\C(=C/CC)N1CC2(CCN(CC3(C)C=CC(CC)=C(C4CC4)C3)CC2)OC1=O. The van der Waals surface area contributed by atoms with E-state index in [0.717, 1.165) is 56.9 Å². The molecule has 0 N–H and O–H groups in total. The lowest BCUT2D eigenvalue weighted by Crippen LogP contribution is -2.49. The van der Waals surface area contributed by atoms with E-state index in [1.165, 1.54) is 19.3 Å². The zero-order valence-corrected chi connectivity index (χ0v) is 20.2. The van der Waals surface area contributed by atoms with Crippen LogP contribution in [0.4, 0.5) is 4.79 Å². The molecule has 2 heterocycles. The summed E-state index contributed by atoms with van der Waals surface area (Å²) < 4.78 is 6.00. The van der Waals surface area contributed by atoms with E-state index in [9.17, 15) is 4.79 Å². The first-order valence-electron chi connectivity index (χ1n) is 12.5. The fraction of sp³-hybridized carbons (Fsp3) is 0.607. The number of nitrogens with zero attached hydrogens (tertiary/aromatic N) is 2. The minimum absolute atomic E-state index is 0.208. The number of hydrogen-bond donors (Lipinski definition) is 0. The van der Waals surface area contributed by atoms with Gasteiger partial charge in [-0.05, 0) is 49.7 Å². The van der Waals surface area contributed by atoms with Crippen molar-refractivity contribution < 1.29 is 9.53 Å². The molecule has 0 radical (unpaired) electrons. The molecule has 3 fully saturated rings. The van der Waals surface area contributed by atoms with Crippen LogP contribution in [0, 0.1) is 11.3 Å². The fourth-order valence-corrected chi connectivity index (χ4v) is 5.66. The molecule has 2 aliphatic carbocycles. The van der Waals surface area contributed by atoms with Crippen molar-refractivity contribution in [2.24, 2.45) is 11.3 Å². The highest BCUT2D eigenvalue weighted by atomic mass is 16.6. The van der Waals surface area contributed by atoms with Gasteiger partial charge in [0.25, 0.3) is 0 Å². The molecule has 4 heteroatoms. The van der Waals surface area contributed by atoms with E-state index in [0.29, 0.717) is 6.54 Å². The van der Waals surface area contributed by atoms with Crippen molar-refractivity contribution in [3.05, 3.63) is 59.9 Å². The standard InChI is InChI=1S/C28H40N2O2/c1-5-8-10-24(9-6-2)30-21-28(32-26(30)31)15-17-29(18-16-28)20-27(4)14-13-22(7-3)25(19-27)23-11-12-23/h5,8-10,13-14,23H,1,6-7,11-12,15-21H2,2-4H3/b10-8-,24-9+. The smallest absolute Gasteiger partial charge is 0.415 e. The molecule has 174 valence electrons. The fourth-order valence-electron chi connectivity index (χ4n) is 5.66. The summed E-state index contributed by atoms with van der Waals surface area (Å²) in [6, 6.07) is 0. The highest BCUT2D eigenvalue weighted by Gasteiger charge is 2.48. The lowest BCUT2D eigenvalue weighted by atomic mass is 9.75. The average molecular weight is 437 g/mol. The number of allylic oxidation sites excluding steroid dienone is 7. The van der Waals surface area contributed by atoms with Crippen LogP contribution in [0.1, 0.15) is 65.7 Å². The molecule has 2 aliphatic heterocycles. The predicted molar refractivity (Wildman–Crippen MR) is 131 cm³/mol. The monoisotopic (exact) mass is 436 g/mol. The summed E-state index contributed by atoms with van der Waals surface area (Å²) in [6.07, 6.45) is 20.2. The maximum atomic E-state index is 12.7. The van der Waals surface area contributed by atoms with Gasteiger partial charge in [0.05, 0.1) is 6.54 Å². The van der Waals surface area contributed by atoms with Gasteiger partial charge < -0.3 is 9.64 Å². The van der Waals surface area contributed by atoms with Crippen LogP contribution in [-0.2, 0) is 4.74 Å². The van der Waals surface area contributed by atoms with Crippen molar-refractivity contribution in [3.8, 4) is 0 Å². The summed E-state index contributed by atoms with van der Waals surface area (Å²) in [6.45, 7) is 14.3. The van der Waals surface area contributed by atoms with Crippen LogP contribution in [-0.4, -0.2) is 47.7 Å². The van der Waals surface area contributed by atoms with E-state index in [2.05, 4.69) is 50.5 Å². The zero-order valence-electron chi connectivity index (χ0n) is 20.2. The summed E-state index contributed by atoms with van der Waals surface area (Å²) in [4.78, 5) is 17.1. The number of ether oxygens (including phenoxy) is 1. The van der Waals surface area contributed by atoms with Crippen molar-refractivity contribution in [1.82, 2.24) is 9.80 Å². The second kappa shape index (κ2) is 9.43. The molecule has 4 aliphatic rings. The molecule has 2 saturated heterocycles. The molecule has 1 saturated carbocycles. The molecule has 1 atom stereocenters. The molecular formula is C28H40N2O2. The van der Waals surface area contributed by atoms with Crippen molar-refractivity contribution in [2.45, 2.75) is 71.3 Å². The van der Waals surface area contributed by atoms with Gasteiger partial charge in [-0.2, -0.15) is 0 Å². The van der Waals surface area contributed by atoms with E-state index in [1.807, 2.05) is 17.1 Å². The molecule has 4 nitrogen and oxygen atoms in total. The first-order valence-corrected chi connectivity index (χ1v) is 12.5. The minimum atomic E-state index is -0.347. The number of piperidine rings is 1. The van der Waals surface area contributed by atoms with E-state index >= 15 is 0 Å². The van der Waals surface area contributed by atoms with Gasteiger partial charge in [0.2, 0.25) is 0 Å². The quantitative estimate of drug-likeness (QED) is 0.413. The third kappa shape index (κ3) is 4.96. The van der Waals surface area contributed by atoms with Gasteiger partial charge in [-0.25, -0.2) is 4.79 Å². The van der Waals surface area contributed by atoms with Crippen LogP contribution in [0.2, 0.25) is 0 Å². The molecule has 0 bridgehead atoms. The molecule has 0 aromatic heterocycles. The predicted octanol–water partition coefficient (Wildman–Crippen LogP) is 6.39. The second-order valence-electron chi connectivity index (χ2n) is 10.4. The van der Waals surface area contributed by atoms with Gasteiger partial charge in [0, 0.05) is 43.6 Å². The normalized spacial score (nSPS) is 28.8. The van der Waals surface area contributed by atoms with Crippen molar-refractivity contribution in [2.75, 3.05) is 26.2 Å². The van der Waals surface area contributed by atoms with E-state index in [4.69, 9.17) is 4.74 Å². The second-order valence-corrected chi connectivity index (χ2v) is 10.4. The molecule has 4 rings (SSSR count). The van der Waals surface area contributed by atoms with Crippen LogP contribution in [0.25, 0.3) is 0 Å². The molecule has 1 unspecified atom stereocenters. The Hall–Kier alpha value is -2.07. The number of amides is 1. The third-order valence-electron chi connectivity index (χ3n) is 7.60. The first-order chi connectivity index (χ1) is 15.4. The Kier molecular flexibility index (Phi) is 6.80. The molecule has 1 amide bonds. The van der Waals surface area contributed by atoms with Crippen LogP contribution in [0.3, 0.4) is 0 Å². The summed E-state index contributed by atoms with van der Waals surface area (Å²) in [5.74, 6) is 0.850. The van der Waals surface area contributed by atoms with E-state index in [-0.39, 0.29) is 17.1 Å². The maximum Gasteiger partial charge on any atom is 0.415 e. The van der Waals surface area contributed by atoms with E-state index in [1.54, 1.807) is 17.2 Å². The number of rotatable bonds is 8. The third-order valence-corrected chi connectivity index (χ3v) is 7.60. The molecule has 0 aromatic rings. The molecule has 1 spiro atoms. The Labute approximate surface area is 194 Å². The summed E-state index contributed by atoms with van der Waals surface area (Å²) in [5.41, 5.74) is 4.10. The molecule has 0 aromatic carbocycles. The maximum absolute atomic E-state index is 12.7. The highest BCUT2D eigenvalue weighted by molar-refractivity contribution is 5.74. The Balaban J connectivity index is 1.36. The van der Waals surface area contributed by atoms with Crippen molar-refractivity contribution in [1.29, 1.82) is 0 Å². The van der Waals surface area contributed by atoms with Gasteiger partial charge in [0.15, 0.2) is 0 Å².